The molecule has 2 aromatic rings. The van der Waals surface area contributed by atoms with Crippen molar-refractivity contribution in [3.63, 3.8) is 0 Å². The van der Waals surface area contributed by atoms with Crippen LogP contribution in [0.3, 0.4) is 0 Å². The van der Waals surface area contributed by atoms with Gasteiger partial charge in [0.15, 0.2) is 0 Å². The van der Waals surface area contributed by atoms with Gasteiger partial charge in [0.1, 0.15) is 0 Å². The monoisotopic (exact) mass is 333 g/mol. The normalized spacial score (nSPS) is 22.9. The smallest absolute Gasteiger partial charge is 0.0994 e. The fraction of sp³-hybridized carbons (Fsp3) is 0.438. The summed E-state index contributed by atoms with van der Waals surface area (Å²) < 4.78 is 3.31. The van der Waals surface area contributed by atoms with Crippen molar-refractivity contribution >= 4 is 15.9 Å². The SMILES string of the molecule is Cc1cc(Br)cc(-n2cncc2C2CCCC(C)N2)c1. The van der Waals surface area contributed by atoms with Crippen LogP contribution in [0.25, 0.3) is 5.69 Å². The molecule has 0 radical (unpaired) electrons. The maximum absolute atomic E-state index is 4.37. The molecule has 1 aromatic carbocycles. The Morgan fingerprint density at radius 1 is 1.30 bits per heavy atom. The second-order valence-corrected chi connectivity index (χ2v) is 6.64. The van der Waals surface area contributed by atoms with Gasteiger partial charge in [-0.25, -0.2) is 4.98 Å². The summed E-state index contributed by atoms with van der Waals surface area (Å²) in [5.41, 5.74) is 3.68. The van der Waals surface area contributed by atoms with Crippen molar-refractivity contribution in [3.8, 4) is 5.69 Å². The van der Waals surface area contributed by atoms with E-state index < -0.39 is 0 Å². The third-order valence-corrected chi connectivity index (χ3v) is 4.40. The fourth-order valence-corrected chi connectivity index (χ4v) is 3.60. The second-order valence-electron chi connectivity index (χ2n) is 5.73. The number of aryl methyl sites for hydroxylation is 1. The van der Waals surface area contributed by atoms with E-state index in [0.29, 0.717) is 12.1 Å². The van der Waals surface area contributed by atoms with E-state index in [1.54, 1.807) is 0 Å². The van der Waals surface area contributed by atoms with Crippen molar-refractivity contribution in [3.05, 3.63) is 46.5 Å². The van der Waals surface area contributed by atoms with Gasteiger partial charge in [0.05, 0.1) is 18.2 Å². The number of imidazole rings is 1. The fourth-order valence-electron chi connectivity index (χ4n) is 3.01. The Labute approximate surface area is 128 Å². The zero-order valence-electron chi connectivity index (χ0n) is 11.9. The lowest BCUT2D eigenvalue weighted by molar-refractivity contribution is 0.334. The first-order valence-corrected chi connectivity index (χ1v) is 7.98. The van der Waals surface area contributed by atoms with Gasteiger partial charge in [-0.1, -0.05) is 15.9 Å². The first-order valence-electron chi connectivity index (χ1n) is 7.19. The number of halogens is 1. The molecule has 4 heteroatoms. The lowest BCUT2D eigenvalue weighted by atomic mass is 9.97. The van der Waals surface area contributed by atoms with Crippen LogP contribution in [0.5, 0.6) is 0 Å². The van der Waals surface area contributed by atoms with Gasteiger partial charge in [0.25, 0.3) is 0 Å². The summed E-state index contributed by atoms with van der Waals surface area (Å²) in [5.74, 6) is 0. The van der Waals surface area contributed by atoms with Crippen LogP contribution in [0, 0.1) is 6.92 Å². The number of aromatic nitrogens is 2. The number of hydrogen-bond acceptors (Lipinski definition) is 2. The molecular weight excluding hydrogens is 314 g/mol. The summed E-state index contributed by atoms with van der Waals surface area (Å²) in [6.07, 6.45) is 7.63. The van der Waals surface area contributed by atoms with Crippen molar-refractivity contribution in [1.82, 2.24) is 14.9 Å². The van der Waals surface area contributed by atoms with E-state index in [4.69, 9.17) is 0 Å². The molecule has 3 nitrogen and oxygen atoms in total. The Balaban J connectivity index is 1.97. The predicted octanol–water partition coefficient (Wildman–Crippen LogP) is 4.15. The quantitative estimate of drug-likeness (QED) is 0.894. The van der Waals surface area contributed by atoms with Crippen LogP contribution in [0.4, 0.5) is 0 Å². The molecule has 1 fully saturated rings. The van der Waals surface area contributed by atoms with Crippen LogP contribution in [-0.2, 0) is 0 Å². The molecule has 2 heterocycles. The van der Waals surface area contributed by atoms with Gasteiger partial charge in [0, 0.05) is 22.2 Å². The molecule has 0 spiro atoms. The van der Waals surface area contributed by atoms with E-state index in [1.807, 2.05) is 12.5 Å². The van der Waals surface area contributed by atoms with E-state index >= 15 is 0 Å². The zero-order chi connectivity index (χ0) is 14.1. The Kier molecular flexibility index (Phi) is 3.94. The number of nitrogens with one attached hydrogen (secondary N) is 1. The zero-order valence-corrected chi connectivity index (χ0v) is 13.5. The molecule has 1 aliphatic rings. The molecule has 106 valence electrons. The average molecular weight is 334 g/mol. The number of hydrogen-bond donors (Lipinski definition) is 1. The van der Waals surface area contributed by atoms with Crippen molar-refractivity contribution in [1.29, 1.82) is 0 Å². The van der Waals surface area contributed by atoms with Crippen LogP contribution in [0.15, 0.2) is 35.2 Å². The molecule has 1 aliphatic heterocycles. The molecule has 2 unspecified atom stereocenters. The first-order chi connectivity index (χ1) is 9.63. The first kappa shape index (κ1) is 13.8. The predicted molar refractivity (Wildman–Crippen MR) is 85.2 cm³/mol. The molecule has 20 heavy (non-hydrogen) atoms. The van der Waals surface area contributed by atoms with Gasteiger partial charge < -0.3 is 9.88 Å². The minimum absolute atomic E-state index is 0.403. The van der Waals surface area contributed by atoms with Crippen molar-refractivity contribution in [2.75, 3.05) is 0 Å². The van der Waals surface area contributed by atoms with Crippen LogP contribution in [0.1, 0.15) is 43.5 Å². The van der Waals surface area contributed by atoms with Crippen LogP contribution in [-0.4, -0.2) is 15.6 Å². The number of nitrogens with zero attached hydrogens (tertiary/aromatic N) is 2. The van der Waals surface area contributed by atoms with Crippen molar-refractivity contribution in [2.45, 2.75) is 45.2 Å². The molecule has 1 N–H and O–H groups in total. The number of rotatable bonds is 2. The lowest BCUT2D eigenvalue weighted by Gasteiger charge is -2.29. The van der Waals surface area contributed by atoms with Crippen LogP contribution in [0.2, 0.25) is 0 Å². The Bertz CT molecular complexity index is 585. The van der Waals surface area contributed by atoms with Crippen molar-refractivity contribution < 1.29 is 0 Å². The van der Waals surface area contributed by atoms with Gasteiger partial charge in [0.2, 0.25) is 0 Å². The minimum atomic E-state index is 0.403. The van der Waals surface area contributed by atoms with E-state index in [0.717, 1.165) is 4.47 Å². The summed E-state index contributed by atoms with van der Waals surface area (Å²) in [6.45, 7) is 4.38. The summed E-state index contributed by atoms with van der Waals surface area (Å²) in [4.78, 5) is 4.37. The standard InChI is InChI=1S/C16H20BrN3/c1-11-6-13(17)8-14(7-11)20-10-18-9-16(20)15-5-3-4-12(2)19-15/h6-10,12,15,19H,3-5H2,1-2H3. The number of benzene rings is 1. The van der Waals surface area contributed by atoms with Crippen molar-refractivity contribution in [2.24, 2.45) is 0 Å². The van der Waals surface area contributed by atoms with E-state index in [2.05, 4.69) is 62.8 Å². The van der Waals surface area contributed by atoms with Gasteiger partial charge in [-0.2, -0.15) is 0 Å². The summed E-state index contributed by atoms with van der Waals surface area (Å²) >= 11 is 3.58. The maximum atomic E-state index is 4.37. The Morgan fingerprint density at radius 2 is 2.15 bits per heavy atom. The molecule has 2 atom stereocenters. The summed E-state index contributed by atoms with van der Waals surface area (Å²) in [6, 6.07) is 7.45. The molecule has 1 saturated heterocycles. The molecule has 0 saturated carbocycles. The maximum Gasteiger partial charge on any atom is 0.0994 e. The highest BCUT2D eigenvalue weighted by molar-refractivity contribution is 9.10. The van der Waals surface area contributed by atoms with E-state index in [-0.39, 0.29) is 0 Å². The molecule has 0 aliphatic carbocycles. The molecule has 0 bridgehead atoms. The number of piperidine rings is 1. The van der Waals surface area contributed by atoms with E-state index in [9.17, 15) is 0 Å². The lowest BCUT2D eigenvalue weighted by Crippen LogP contribution is -2.35. The van der Waals surface area contributed by atoms with Crippen LogP contribution >= 0.6 is 15.9 Å². The summed E-state index contributed by atoms with van der Waals surface area (Å²) in [7, 11) is 0. The molecule has 0 amide bonds. The van der Waals surface area contributed by atoms with E-state index in [1.165, 1.54) is 36.2 Å². The van der Waals surface area contributed by atoms with Gasteiger partial charge in [-0.15, -0.1) is 0 Å². The highest BCUT2D eigenvalue weighted by Crippen LogP contribution is 2.28. The third kappa shape index (κ3) is 2.81. The molecule has 3 rings (SSSR count). The third-order valence-electron chi connectivity index (χ3n) is 3.94. The second kappa shape index (κ2) is 5.70. The average Bonchev–Trinajstić information content (AvgIpc) is 2.86. The molecular formula is C16H20BrN3. The Hall–Kier alpha value is -1.13. The highest BCUT2D eigenvalue weighted by atomic mass is 79.9. The molecule has 1 aromatic heterocycles. The topological polar surface area (TPSA) is 29.9 Å². The van der Waals surface area contributed by atoms with Crippen LogP contribution < -0.4 is 5.32 Å². The highest BCUT2D eigenvalue weighted by Gasteiger charge is 2.22. The minimum Gasteiger partial charge on any atom is -0.306 e. The summed E-state index contributed by atoms with van der Waals surface area (Å²) in [5, 5.41) is 3.69. The van der Waals surface area contributed by atoms with Gasteiger partial charge >= 0.3 is 0 Å². The largest absolute Gasteiger partial charge is 0.306 e. The van der Waals surface area contributed by atoms with Gasteiger partial charge in [-0.05, 0) is 56.9 Å². The van der Waals surface area contributed by atoms with Gasteiger partial charge in [-0.3, -0.25) is 0 Å². The Morgan fingerprint density at radius 3 is 2.90 bits per heavy atom.